The van der Waals surface area contributed by atoms with Crippen molar-refractivity contribution in [1.82, 2.24) is 0 Å². The summed E-state index contributed by atoms with van der Waals surface area (Å²) in [6.07, 6.45) is -0.448. The Balaban J connectivity index is 2.79. The van der Waals surface area contributed by atoms with Crippen LogP contribution in [0.2, 0.25) is 0 Å². The van der Waals surface area contributed by atoms with Gasteiger partial charge in [-0.15, -0.1) is 0 Å². The van der Waals surface area contributed by atoms with Gasteiger partial charge in [-0.25, -0.2) is 0 Å². The first-order valence-corrected chi connectivity index (χ1v) is 5.54. The molecule has 0 aliphatic carbocycles. The van der Waals surface area contributed by atoms with E-state index in [1.807, 2.05) is 19.1 Å². The third-order valence-electron chi connectivity index (χ3n) is 2.86. The molecule has 0 aliphatic heterocycles. The molecule has 2 atom stereocenters. The van der Waals surface area contributed by atoms with Crippen molar-refractivity contribution >= 4 is 0 Å². The van der Waals surface area contributed by atoms with Gasteiger partial charge in [0, 0.05) is 0 Å². The molecule has 15 heavy (non-hydrogen) atoms. The van der Waals surface area contributed by atoms with Crippen LogP contribution in [0, 0.1) is 5.92 Å². The molecular weight excluding hydrogens is 186 g/mol. The van der Waals surface area contributed by atoms with Crippen LogP contribution < -0.4 is 5.73 Å². The van der Waals surface area contributed by atoms with Gasteiger partial charge in [-0.1, -0.05) is 45.0 Å². The van der Waals surface area contributed by atoms with Crippen LogP contribution in [0.25, 0.3) is 0 Å². The van der Waals surface area contributed by atoms with E-state index in [1.165, 1.54) is 5.56 Å². The zero-order chi connectivity index (χ0) is 11.4. The van der Waals surface area contributed by atoms with Crippen LogP contribution in [-0.4, -0.2) is 11.7 Å². The van der Waals surface area contributed by atoms with Gasteiger partial charge in [-0.3, -0.25) is 0 Å². The third kappa shape index (κ3) is 3.05. The predicted molar refractivity (Wildman–Crippen MR) is 63.7 cm³/mol. The van der Waals surface area contributed by atoms with E-state index in [1.54, 1.807) is 0 Å². The summed E-state index contributed by atoms with van der Waals surface area (Å²) in [4.78, 5) is 0. The smallest absolute Gasteiger partial charge is 0.0827 e. The second kappa shape index (κ2) is 5.29. The standard InChI is InChI=1S/C13H21NO/c1-9(2)11-4-6-12(7-5-11)13(15)10(3)8-14/h4-7,9-10,13,15H,8,14H2,1-3H3. The molecular formula is C13H21NO. The maximum Gasteiger partial charge on any atom is 0.0827 e. The summed E-state index contributed by atoms with van der Waals surface area (Å²) in [5.74, 6) is 0.637. The number of rotatable bonds is 4. The summed E-state index contributed by atoms with van der Waals surface area (Å²) in [7, 11) is 0. The minimum Gasteiger partial charge on any atom is -0.388 e. The molecule has 0 bridgehead atoms. The van der Waals surface area contributed by atoms with Crippen molar-refractivity contribution in [2.75, 3.05) is 6.54 Å². The van der Waals surface area contributed by atoms with Crippen LogP contribution in [0.3, 0.4) is 0 Å². The van der Waals surface area contributed by atoms with E-state index in [9.17, 15) is 5.11 Å². The van der Waals surface area contributed by atoms with Gasteiger partial charge in [-0.05, 0) is 29.5 Å². The van der Waals surface area contributed by atoms with Gasteiger partial charge in [0.15, 0.2) is 0 Å². The maximum atomic E-state index is 9.94. The Morgan fingerprint density at radius 1 is 1.07 bits per heavy atom. The molecule has 0 heterocycles. The first kappa shape index (κ1) is 12.2. The molecule has 0 saturated carbocycles. The van der Waals surface area contributed by atoms with Crippen LogP contribution in [0.5, 0.6) is 0 Å². The average Bonchev–Trinajstić information content (AvgIpc) is 2.27. The van der Waals surface area contributed by atoms with Crippen molar-refractivity contribution in [3.63, 3.8) is 0 Å². The largest absolute Gasteiger partial charge is 0.388 e. The van der Waals surface area contributed by atoms with Crippen LogP contribution in [-0.2, 0) is 0 Å². The molecule has 1 aromatic rings. The van der Waals surface area contributed by atoms with Gasteiger partial charge in [0.1, 0.15) is 0 Å². The van der Waals surface area contributed by atoms with Crippen molar-refractivity contribution in [2.45, 2.75) is 32.8 Å². The van der Waals surface area contributed by atoms with Crippen molar-refractivity contribution in [3.05, 3.63) is 35.4 Å². The summed E-state index contributed by atoms with van der Waals surface area (Å²) in [6, 6.07) is 8.14. The van der Waals surface area contributed by atoms with E-state index in [0.29, 0.717) is 12.5 Å². The van der Waals surface area contributed by atoms with Crippen molar-refractivity contribution < 1.29 is 5.11 Å². The van der Waals surface area contributed by atoms with Gasteiger partial charge in [-0.2, -0.15) is 0 Å². The monoisotopic (exact) mass is 207 g/mol. The lowest BCUT2D eigenvalue weighted by molar-refractivity contribution is 0.121. The van der Waals surface area contributed by atoms with Gasteiger partial charge < -0.3 is 10.8 Å². The van der Waals surface area contributed by atoms with Crippen LogP contribution in [0.15, 0.2) is 24.3 Å². The average molecular weight is 207 g/mol. The normalized spacial score (nSPS) is 15.3. The molecule has 0 saturated heterocycles. The van der Waals surface area contributed by atoms with Crippen LogP contribution in [0.1, 0.15) is 43.9 Å². The van der Waals surface area contributed by atoms with Crippen LogP contribution in [0.4, 0.5) is 0 Å². The van der Waals surface area contributed by atoms with Gasteiger partial charge in [0.2, 0.25) is 0 Å². The molecule has 0 radical (unpaired) electrons. The molecule has 3 N–H and O–H groups in total. The summed E-state index contributed by atoms with van der Waals surface area (Å²) < 4.78 is 0. The van der Waals surface area contributed by atoms with Crippen molar-refractivity contribution in [2.24, 2.45) is 11.7 Å². The Kier molecular flexibility index (Phi) is 4.30. The number of aliphatic hydroxyl groups excluding tert-OH is 1. The molecule has 0 fully saturated rings. The third-order valence-corrected chi connectivity index (χ3v) is 2.86. The first-order valence-electron chi connectivity index (χ1n) is 5.54. The van der Waals surface area contributed by atoms with E-state index in [4.69, 9.17) is 5.73 Å². The fraction of sp³-hybridized carbons (Fsp3) is 0.538. The number of hydrogen-bond acceptors (Lipinski definition) is 2. The van der Waals surface area contributed by atoms with Crippen molar-refractivity contribution in [1.29, 1.82) is 0 Å². The highest BCUT2D eigenvalue weighted by Crippen LogP contribution is 2.23. The second-order valence-corrected chi connectivity index (χ2v) is 4.48. The Hall–Kier alpha value is -0.860. The van der Waals surface area contributed by atoms with Gasteiger partial charge >= 0.3 is 0 Å². The Bertz CT molecular complexity index is 292. The Labute approximate surface area is 92.1 Å². The lowest BCUT2D eigenvalue weighted by atomic mass is 9.95. The zero-order valence-corrected chi connectivity index (χ0v) is 9.77. The van der Waals surface area contributed by atoms with E-state index < -0.39 is 6.10 Å². The Morgan fingerprint density at radius 3 is 1.93 bits per heavy atom. The molecule has 2 unspecified atom stereocenters. The number of aliphatic hydroxyl groups is 1. The van der Waals surface area contributed by atoms with E-state index in [2.05, 4.69) is 26.0 Å². The quantitative estimate of drug-likeness (QED) is 0.796. The van der Waals surface area contributed by atoms with Gasteiger partial charge in [0.05, 0.1) is 6.10 Å². The highest BCUT2D eigenvalue weighted by atomic mass is 16.3. The molecule has 0 aliphatic rings. The molecule has 2 nitrogen and oxygen atoms in total. The summed E-state index contributed by atoms with van der Waals surface area (Å²) >= 11 is 0. The highest BCUT2D eigenvalue weighted by molar-refractivity contribution is 5.26. The lowest BCUT2D eigenvalue weighted by Crippen LogP contribution is -2.18. The topological polar surface area (TPSA) is 46.2 Å². The SMILES string of the molecule is CC(C)c1ccc(C(O)C(C)CN)cc1. The zero-order valence-electron chi connectivity index (χ0n) is 9.77. The number of hydrogen-bond donors (Lipinski definition) is 2. The molecule has 0 aromatic heterocycles. The molecule has 1 rings (SSSR count). The minimum atomic E-state index is -0.448. The summed E-state index contributed by atoms with van der Waals surface area (Å²) in [6.45, 7) is 6.79. The lowest BCUT2D eigenvalue weighted by Gasteiger charge is -2.18. The molecule has 0 amide bonds. The summed E-state index contributed by atoms with van der Waals surface area (Å²) in [5, 5.41) is 9.94. The predicted octanol–water partition coefficient (Wildman–Crippen LogP) is 2.44. The van der Waals surface area contributed by atoms with Gasteiger partial charge in [0.25, 0.3) is 0 Å². The minimum absolute atomic E-state index is 0.106. The fourth-order valence-electron chi connectivity index (χ4n) is 1.54. The second-order valence-electron chi connectivity index (χ2n) is 4.48. The fourth-order valence-corrected chi connectivity index (χ4v) is 1.54. The van der Waals surface area contributed by atoms with E-state index in [0.717, 1.165) is 5.56 Å². The molecule has 0 spiro atoms. The highest BCUT2D eigenvalue weighted by Gasteiger charge is 2.14. The van der Waals surface area contributed by atoms with E-state index in [-0.39, 0.29) is 5.92 Å². The summed E-state index contributed by atoms with van der Waals surface area (Å²) in [5.41, 5.74) is 7.78. The Morgan fingerprint density at radius 2 is 1.53 bits per heavy atom. The molecule has 84 valence electrons. The van der Waals surface area contributed by atoms with E-state index >= 15 is 0 Å². The number of benzene rings is 1. The molecule has 1 aromatic carbocycles. The van der Waals surface area contributed by atoms with Crippen molar-refractivity contribution in [3.8, 4) is 0 Å². The molecule has 2 heteroatoms. The number of nitrogens with two attached hydrogens (primary N) is 1. The first-order chi connectivity index (χ1) is 7.06. The maximum absolute atomic E-state index is 9.94. The van der Waals surface area contributed by atoms with Crippen LogP contribution >= 0.6 is 0 Å².